The van der Waals surface area contributed by atoms with Gasteiger partial charge in [0.25, 0.3) is 0 Å². The van der Waals surface area contributed by atoms with Gasteiger partial charge in [-0.2, -0.15) is 0 Å². The van der Waals surface area contributed by atoms with Crippen molar-refractivity contribution in [2.24, 2.45) is 0 Å². The second-order valence-corrected chi connectivity index (χ2v) is 7.87. The Morgan fingerprint density at radius 2 is 1.64 bits per heavy atom. The first kappa shape index (κ1) is 17.7. The largest absolute Gasteiger partial charge is 0.370 e. The van der Waals surface area contributed by atoms with E-state index < -0.39 is 15.8 Å². The average molecular weight is 363 g/mol. The van der Waals surface area contributed by atoms with E-state index in [1.54, 1.807) is 6.07 Å². The number of para-hydroxylation sites is 1. The molecule has 134 valence electrons. The minimum absolute atomic E-state index is 0.0583. The molecule has 2 aromatic carbocycles. The predicted octanol–water partition coefficient (Wildman–Crippen LogP) is 2.45. The van der Waals surface area contributed by atoms with Crippen LogP contribution in [0.15, 0.2) is 53.4 Å². The molecule has 0 atom stereocenters. The van der Waals surface area contributed by atoms with Gasteiger partial charge in [0.2, 0.25) is 10.0 Å². The minimum atomic E-state index is -3.64. The topological polar surface area (TPSA) is 52.7 Å². The van der Waals surface area contributed by atoms with Crippen molar-refractivity contribution in [3.8, 4) is 0 Å². The van der Waals surface area contributed by atoms with Gasteiger partial charge in [0, 0.05) is 31.9 Å². The van der Waals surface area contributed by atoms with Gasteiger partial charge in [0.1, 0.15) is 5.82 Å². The summed E-state index contributed by atoms with van der Waals surface area (Å²) >= 11 is 0. The van der Waals surface area contributed by atoms with Crippen molar-refractivity contribution in [1.29, 1.82) is 0 Å². The lowest BCUT2D eigenvalue weighted by Gasteiger charge is -2.25. The molecule has 1 N–H and O–H groups in total. The Bertz CT molecular complexity index is 827. The summed E-state index contributed by atoms with van der Waals surface area (Å²) < 4.78 is 40.3. The highest BCUT2D eigenvalue weighted by atomic mass is 32.2. The summed E-state index contributed by atoms with van der Waals surface area (Å²) in [5.41, 5.74) is 1.62. The molecule has 1 aliphatic rings. The number of halogens is 1. The fourth-order valence-corrected chi connectivity index (χ4v) is 3.83. The highest BCUT2D eigenvalue weighted by molar-refractivity contribution is 7.89. The summed E-state index contributed by atoms with van der Waals surface area (Å²) in [6, 6.07) is 14.3. The lowest BCUT2D eigenvalue weighted by atomic mass is 10.2. The molecule has 1 heterocycles. The van der Waals surface area contributed by atoms with Gasteiger partial charge in [-0.25, -0.2) is 17.5 Å². The maximum Gasteiger partial charge on any atom is 0.240 e. The Labute approximate surface area is 148 Å². The number of sulfonamides is 1. The monoisotopic (exact) mass is 363 g/mol. The zero-order valence-corrected chi connectivity index (χ0v) is 15.0. The van der Waals surface area contributed by atoms with Gasteiger partial charge in [0.15, 0.2) is 0 Å². The van der Waals surface area contributed by atoms with Crippen molar-refractivity contribution < 1.29 is 12.8 Å². The smallest absolute Gasteiger partial charge is 0.240 e. The number of rotatable bonds is 4. The molecule has 0 aromatic heterocycles. The minimum Gasteiger partial charge on any atom is -0.370 e. The molecule has 3 rings (SSSR count). The number of nitrogens with zero attached hydrogens (tertiary/aromatic N) is 2. The van der Waals surface area contributed by atoms with Crippen LogP contribution in [-0.4, -0.2) is 41.6 Å². The van der Waals surface area contributed by atoms with Gasteiger partial charge in [-0.3, -0.25) is 0 Å². The predicted molar refractivity (Wildman–Crippen MR) is 98.1 cm³/mol. The molecule has 0 amide bonds. The molecule has 5 nitrogen and oxygen atoms in total. The van der Waals surface area contributed by atoms with Gasteiger partial charge >= 0.3 is 0 Å². The molecule has 1 saturated heterocycles. The SMILES string of the molecule is CNS(=O)(=O)c1ccc(N2CCCN(c3ccccc3)CC2)c(F)c1. The standard InChI is InChI=1S/C18H22FN3O2S/c1-20-25(23,24)16-8-9-18(17(19)14-16)22-11-5-10-21(12-13-22)15-6-3-2-4-7-15/h2-4,6-9,14,20H,5,10-13H2,1H3. The van der Waals surface area contributed by atoms with Gasteiger partial charge in [-0.15, -0.1) is 0 Å². The number of hydrogen-bond donors (Lipinski definition) is 1. The van der Waals surface area contributed by atoms with Crippen LogP contribution in [0.3, 0.4) is 0 Å². The number of hydrogen-bond acceptors (Lipinski definition) is 4. The fraction of sp³-hybridized carbons (Fsp3) is 0.333. The molecule has 0 spiro atoms. The number of nitrogens with one attached hydrogen (secondary N) is 1. The third-order valence-electron chi connectivity index (χ3n) is 4.46. The van der Waals surface area contributed by atoms with Crippen LogP contribution in [0, 0.1) is 5.82 Å². The van der Waals surface area contributed by atoms with Gasteiger partial charge in [0.05, 0.1) is 10.6 Å². The van der Waals surface area contributed by atoms with E-state index in [0.717, 1.165) is 32.1 Å². The number of anilines is 2. The molecule has 1 fully saturated rings. The van der Waals surface area contributed by atoms with Crippen LogP contribution in [0.1, 0.15) is 6.42 Å². The highest BCUT2D eigenvalue weighted by Crippen LogP contribution is 2.25. The van der Waals surface area contributed by atoms with Crippen LogP contribution in [0.4, 0.5) is 15.8 Å². The molecular weight excluding hydrogens is 341 g/mol. The number of benzene rings is 2. The van der Waals surface area contributed by atoms with Gasteiger partial charge in [-0.05, 0) is 43.8 Å². The van der Waals surface area contributed by atoms with Crippen molar-refractivity contribution in [2.75, 3.05) is 43.0 Å². The van der Waals surface area contributed by atoms with Gasteiger partial charge in [-0.1, -0.05) is 18.2 Å². The third-order valence-corrected chi connectivity index (χ3v) is 5.87. The molecule has 1 aliphatic heterocycles. The normalized spacial score (nSPS) is 15.9. The second kappa shape index (κ2) is 7.41. The molecule has 25 heavy (non-hydrogen) atoms. The Morgan fingerprint density at radius 3 is 2.32 bits per heavy atom. The first-order valence-electron chi connectivity index (χ1n) is 8.29. The molecule has 0 saturated carbocycles. The van der Waals surface area contributed by atoms with E-state index in [2.05, 4.69) is 21.8 Å². The van der Waals surface area contributed by atoms with E-state index >= 15 is 0 Å². The lowest BCUT2D eigenvalue weighted by Crippen LogP contribution is -2.31. The fourth-order valence-electron chi connectivity index (χ4n) is 3.08. The van der Waals surface area contributed by atoms with Crippen molar-refractivity contribution >= 4 is 21.4 Å². The van der Waals surface area contributed by atoms with E-state index in [-0.39, 0.29) is 4.90 Å². The second-order valence-electron chi connectivity index (χ2n) is 5.98. The summed E-state index contributed by atoms with van der Waals surface area (Å²) in [7, 11) is -2.32. The summed E-state index contributed by atoms with van der Waals surface area (Å²) in [5, 5.41) is 0. The van der Waals surface area contributed by atoms with Crippen molar-refractivity contribution in [3.63, 3.8) is 0 Å². The Hall–Kier alpha value is -2.12. The summed E-state index contributed by atoms with van der Waals surface area (Å²) in [6.07, 6.45) is 0.908. The lowest BCUT2D eigenvalue weighted by molar-refractivity contribution is 0.582. The van der Waals surface area contributed by atoms with Crippen LogP contribution in [0.25, 0.3) is 0 Å². The molecule has 2 aromatic rings. The van der Waals surface area contributed by atoms with E-state index in [1.165, 1.54) is 18.8 Å². The summed E-state index contributed by atoms with van der Waals surface area (Å²) in [4.78, 5) is 4.21. The zero-order chi connectivity index (χ0) is 17.9. The Kier molecular flexibility index (Phi) is 5.24. The first-order valence-corrected chi connectivity index (χ1v) is 9.77. The quantitative estimate of drug-likeness (QED) is 0.907. The summed E-state index contributed by atoms with van der Waals surface area (Å²) in [6.45, 7) is 3.12. The van der Waals surface area contributed by atoms with E-state index in [1.807, 2.05) is 23.1 Å². The van der Waals surface area contributed by atoms with E-state index in [4.69, 9.17) is 0 Å². The molecule has 0 radical (unpaired) electrons. The van der Waals surface area contributed by atoms with Crippen molar-refractivity contribution in [2.45, 2.75) is 11.3 Å². The van der Waals surface area contributed by atoms with Crippen molar-refractivity contribution in [3.05, 3.63) is 54.3 Å². The molecule has 7 heteroatoms. The molecule has 0 aliphatic carbocycles. The van der Waals surface area contributed by atoms with Crippen LogP contribution in [0.2, 0.25) is 0 Å². The van der Waals surface area contributed by atoms with Crippen LogP contribution >= 0.6 is 0 Å². The first-order chi connectivity index (χ1) is 12.0. The highest BCUT2D eigenvalue weighted by Gasteiger charge is 2.20. The molecule has 0 unspecified atom stereocenters. The Balaban J connectivity index is 1.77. The van der Waals surface area contributed by atoms with Crippen LogP contribution in [-0.2, 0) is 10.0 Å². The maximum atomic E-state index is 14.5. The third kappa shape index (κ3) is 3.93. The maximum absolute atomic E-state index is 14.5. The zero-order valence-electron chi connectivity index (χ0n) is 14.2. The van der Waals surface area contributed by atoms with Crippen LogP contribution in [0.5, 0.6) is 0 Å². The van der Waals surface area contributed by atoms with E-state index in [9.17, 15) is 12.8 Å². The van der Waals surface area contributed by atoms with Crippen molar-refractivity contribution in [1.82, 2.24) is 4.72 Å². The Morgan fingerprint density at radius 1 is 0.960 bits per heavy atom. The van der Waals surface area contributed by atoms with Gasteiger partial charge < -0.3 is 9.80 Å². The average Bonchev–Trinajstić information content (AvgIpc) is 2.88. The van der Waals surface area contributed by atoms with E-state index in [0.29, 0.717) is 12.2 Å². The summed E-state index contributed by atoms with van der Waals surface area (Å²) in [5.74, 6) is -0.510. The van der Waals surface area contributed by atoms with Crippen LogP contribution < -0.4 is 14.5 Å². The molecular formula is C18H22FN3O2S. The molecule has 0 bridgehead atoms.